The number of hydrogen-bond donors (Lipinski definition) is 2. The van der Waals surface area contributed by atoms with Crippen molar-refractivity contribution in [1.82, 2.24) is 4.98 Å². The first-order valence-electron chi connectivity index (χ1n) is 5.67. The second-order valence-corrected chi connectivity index (χ2v) is 5.81. The zero-order valence-corrected chi connectivity index (χ0v) is 11.5. The van der Waals surface area contributed by atoms with Crippen LogP contribution in [-0.4, -0.2) is 13.4 Å². The lowest BCUT2D eigenvalue weighted by Crippen LogP contribution is -2.15. The van der Waals surface area contributed by atoms with E-state index >= 15 is 0 Å². The molecular weight excluding hydrogens is 276 g/mol. The molecule has 102 valence electrons. The summed E-state index contributed by atoms with van der Waals surface area (Å²) in [7, 11) is -3.85. The second-order valence-electron chi connectivity index (χ2n) is 4.16. The molecule has 0 radical (unpaired) electrons. The van der Waals surface area contributed by atoms with Crippen LogP contribution in [0.2, 0.25) is 0 Å². The number of nitrogens with one attached hydrogen (secondary N) is 1. The Kier molecular flexibility index (Phi) is 3.59. The smallest absolute Gasteiger partial charge is 0.263 e. The molecule has 0 atom stereocenters. The topological polar surface area (TPSA) is 109 Å². The molecule has 0 aliphatic rings. The van der Waals surface area contributed by atoms with Gasteiger partial charge in [0.05, 0.1) is 11.3 Å². The molecule has 6 nitrogen and oxygen atoms in total. The Bertz CT molecular complexity index is 794. The van der Waals surface area contributed by atoms with Crippen LogP contribution in [0.15, 0.2) is 41.6 Å². The highest BCUT2D eigenvalue weighted by atomic mass is 32.2. The average Bonchev–Trinajstić information content (AvgIpc) is 2.40. The third-order valence-corrected chi connectivity index (χ3v) is 4.10. The van der Waals surface area contributed by atoms with E-state index < -0.39 is 10.0 Å². The zero-order chi connectivity index (χ0) is 14.8. The number of aryl methyl sites for hydroxylation is 1. The predicted octanol–water partition coefficient (Wildman–Crippen LogP) is 1.64. The van der Waals surface area contributed by atoms with Crippen molar-refractivity contribution in [2.24, 2.45) is 0 Å². The number of pyridine rings is 1. The van der Waals surface area contributed by atoms with Gasteiger partial charge in [0.25, 0.3) is 10.0 Å². The van der Waals surface area contributed by atoms with Gasteiger partial charge in [0.1, 0.15) is 11.0 Å². The van der Waals surface area contributed by atoms with Crippen LogP contribution in [0.1, 0.15) is 11.1 Å². The number of sulfonamides is 1. The lowest BCUT2D eigenvalue weighted by Gasteiger charge is -2.11. The molecule has 7 heteroatoms. The number of rotatable bonds is 3. The van der Waals surface area contributed by atoms with E-state index in [0.29, 0.717) is 16.9 Å². The van der Waals surface area contributed by atoms with E-state index in [4.69, 9.17) is 11.0 Å². The highest BCUT2D eigenvalue weighted by molar-refractivity contribution is 7.92. The summed E-state index contributed by atoms with van der Waals surface area (Å²) in [4.78, 5) is 3.78. The van der Waals surface area contributed by atoms with Crippen LogP contribution in [0.3, 0.4) is 0 Å². The number of aromatic nitrogens is 1. The van der Waals surface area contributed by atoms with Gasteiger partial charge in [-0.05, 0) is 36.8 Å². The standard InChI is InChI=1S/C13H12N4O2S/c1-9-8-16-5-4-12(9)17-20(18,19)13-3-2-11(15)6-10(13)7-14/h2-6,8H,15H2,1H3,(H,16,17). The van der Waals surface area contributed by atoms with Gasteiger partial charge >= 0.3 is 0 Å². The maximum absolute atomic E-state index is 12.3. The van der Waals surface area contributed by atoms with E-state index in [1.807, 2.05) is 6.07 Å². The molecule has 0 saturated heterocycles. The lowest BCUT2D eigenvalue weighted by atomic mass is 10.2. The first-order valence-corrected chi connectivity index (χ1v) is 7.15. The van der Waals surface area contributed by atoms with Crippen molar-refractivity contribution < 1.29 is 8.42 Å². The maximum Gasteiger partial charge on any atom is 0.263 e. The summed E-state index contributed by atoms with van der Waals surface area (Å²) in [6.07, 6.45) is 3.03. The average molecular weight is 288 g/mol. The Hall–Kier alpha value is -2.59. The zero-order valence-electron chi connectivity index (χ0n) is 10.7. The fourth-order valence-corrected chi connectivity index (χ4v) is 2.93. The van der Waals surface area contributed by atoms with Crippen LogP contribution in [0.5, 0.6) is 0 Å². The van der Waals surface area contributed by atoms with E-state index in [1.54, 1.807) is 19.2 Å². The first kappa shape index (κ1) is 13.8. The number of hydrogen-bond acceptors (Lipinski definition) is 5. The van der Waals surface area contributed by atoms with Gasteiger partial charge < -0.3 is 5.73 Å². The molecule has 0 aliphatic carbocycles. The summed E-state index contributed by atoms with van der Waals surface area (Å²) < 4.78 is 27.1. The van der Waals surface area contributed by atoms with Crippen LogP contribution in [0.25, 0.3) is 0 Å². The molecule has 0 saturated carbocycles. The van der Waals surface area contributed by atoms with Gasteiger partial charge in [-0.15, -0.1) is 0 Å². The van der Waals surface area contributed by atoms with Gasteiger partial charge in [-0.1, -0.05) is 0 Å². The van der Waals surface area contributed by atoms with Crippen LogP contribution >= 0.6 is 0 Å². The summed E-state index contributed by atoms with van der Waals surface area (Å²) in [6.45, 7) is 1.74. The predicted molar refractivity (Wildman–Crippen MR) is 75.4 cm³/mol. The summed E-state index contributed by atoms with van der Waals surface area (Å²) in [5.41, 5.74) is 6.99. The molecule has 20 heavy (non-hydrogen) atoms. The minimum atomic E-state index is -3.85. The van der Waals surface area contributed by atoms with Crippen LogP contribution in [0.4, 0.5) is 11.4 Å². The van der Waals surface area contributed by atoms with Crippen LogP contribution < -0.4 is 10.5 Å². The van der Waals surface area contributed by atoms with Gasteiger partial charge in [0.2, 0.25) is 0 Å². The fourth-order valence-electron chi connectivity index (χ4n) is 1.66. The summed E-state index contributed by atoms with van der Waals surface area (Å²) >= 11 is 0. The molecule has 1 aromatic carbocycles. The van der Waals surface area contributed by atoms with Crippen molar-refractivity contribution in [3.8, 4) is 6.07 Å². The molecule has 3 N–H and O–H groups in total. The van der Waals surface area contributed by atoms with Crippen LogP contribution in [-0.2, 0) is 10.0 Å². The van der Waals surface area contributed by atoms with Gasteiger partial charge in [-0.25, -0.2) is 8.42 Å². The van der Waals surface area contributed by atoms with Gasteiger partial charge in [-0.3, -0.25) is 9.71 Å². The Morgan fingerprint density at radius 1 is 1.35 bits per heavy atom. The largest absolute Gasteiger partial charge is 0.399 e. The van der Waals surface area contributed by atoms with Crippen molar-refractivity contribution in [3.63, 3.8) is 0 Å². The molecular formula is C13H12N4O2S. The second kappa shape index (κ2) is 5.19. The highest BCUT2D eigenvalue weighted by Gasteiger charge is 2.19. The third kappa shape index (κ3) is 2.70. The normalized spacial score (nSPS) is 10.8. The molecule has 0 amide bonds. The Morgan fingerprint density at radius 2 is 2.10 bits per heavy atom. The number of benzene rings is 1. The monoisotopic (exact) mass is 288 g/mol. The number of nitrogen functional groups attached to an aromatic ring is 1. The summed E-state index contributed by atoms with van der Waals surface area (Å²) in [5, 5.41) is 9.02. The third-order valence-electron chi connectivity index (χ3n) is 2.68. The molecule has 2 rings (SSSR count). The van der Waals surface area contributed by atoms with Gasteiger partial charge in [0.15, 0.2) is 0 Å². The molecule has 0 fully saturated rings. The maximum atomic E-state index is 12.3. The molecule has 1 heterocycles. The number of anilines is 2. The number of nitrogens with two attached hydrogens (primary N) is 1. The quantitative estimate of drug-likeness (QED) is 0.834. The van der Waals surface area contributed by atoms with E-state index in [2.05, 4.69) is 9.71 Å². The number of nitriles is 1. The molecule has 2 aromatic rings. The van der Waals surface area contributed by atoms with Gasteiger partial charge in [0, 0.05) is 18.1 Å². The summed E-state index contributed by atoms with van der Waals surface area (Å²) in [6, 6.07) is 7.46. The summed E-state index contributed by atoms with van der Waals surface area (Å²) in [5.74, 6) is 0. The Balaban J connectivity index is 2.47. The van der Waals surface area contributed by atoms with E-state index in [-0.39, 0.29) is 10.5 Å². The molecule has 0 aliphatic heterocycles. The van der Waals surface area contributed by atoms with E-state index in [1.165, 1.54) is 24.4 Å². The Labute approximate surface area is 116 Å². The van der Waals surface area contributed by atoms with Crippen molar-refractivity contribution in [3.05, 3.63) is 47.8 Å². The first-order chi connectivity index (χ1) is 9.44. The molecule has 1 aromatic heterocycles. The van der Waals surface area contributed by atoms with E-state index in [0.717, 1.165) is 0 Å². The van der Waals surface area contributed by atoms with Crippen molar-refractivity contribution in [2.75, 3.05) is 10.5 Å². The minimum Gasteiger partial charge on any atom is -0.399 e. The minimum absolute atomic E-state index is 0.00390. The fraction of sp³-hybridized carbons (Fsp3) is 0.0769. The van der Waals surface area contributed by atoms with Crippen molar-refractivity contribution in [1.29, 1.82) is 5.26 Å². The Morgan fingerprint density at radius 3 is 2.75 bits per heavy atom. The lowest BCUT2D eigenvalue weighted by molar-refractivity contribution is 0.601. The van der Waals surface area contributed by atoms with Crippen molar-refractivity contribution >= 4 is 21.4 Å². The van der Waals surface area contributed by atoms with Crippen molar-refractivity contribution in [2.45, 2.75) is 11.8 Å². The highest BCUT2D eigenvalue weighted by Crippen LogP contribution is 2.22. The van der Waals surface area contributed by atoms with E-state index in [9.17, 15) is 8.42 Å². The SMILES string of the molecule is Cc1cnccc1NS(=O)(=O)c1ccc(N)cc1C#N. The molecule has 0 bridgehead atoms. The van der Waals surface area contributed by atoms with Crippen LogP contribution in [0, 0.1) is 18.3 Å². The molecule has 0 unspecified atom stereocenters. The number of nitrogens with zero attached hydrogens (tertiary/aromatic N) is 2. The molecule has 0 spiro atoms. The van der Waals surface area contributed by atoms with Gasteiger partial charge in [-0.2, -0.15) is 5.26 Å².